The van der Waals surface area contributed by atoms with Gasteiger partial charge in [0, 0.05) is 15.8 Å². The summed E-state index contributed by atoms with van der Waals surface area (Å²) in [5.41, 5.74) is 0.328. The van der Waals surface area contributed by atoms with Crippen molar-refractivity contribution in [2.24, 2.45) is 5.92 Å². The predicted octanol–water partition coefficient (Wildman–Crippen LogP) is 3.84. The molecule has 3 nitrogen and oxygen atoms in total. The van der Waals surface area contributed by atoms with Gasteiger partial charge in [0.05, 0.1) is 5.56 Å². The first-order chi connectivity index (χ1) is 9.06. The van der Waals surface area contributed by atoms with E-state index >= 15 is 0 Å². The summed E-state index contributed by atoms with van der Waals surface area (Å²) in [4.78, 5) is 12.6. The van der Waals surface area contributed by atoms with Crippen LogP contribution >= 0.6 is 31.9 Å². The highest BCUT2D eigenvalue weighted by molar-refractivity contribution is 9.10. The highest BCUT2D eigenvalue weighted by atomic mass is 79.9. The van der Waals surface area contributed by atoms with E-state index in [0.29, 0.717) is 22.9 Å². The van der Waals surface area contributed by atoms with E-state index in [0.717, 1.165) is 17.3 Å². The SMILES string of the molecule is O=C(NCC1CCCC(Br)C1)c1ccc(Br)cc1O. The average Bonchev–Trinajstić information content (AvgIpc) is 2.36. The number of nitrogens with one attached hydrogen (secondary N) is 1. The van der Waals surface area contributed by atoms with Gasteiger partial charge in [0.15, 0.2) is 0 Å². The van der Waals surface area contributed by atoms with Gasteiger partial charge < -0.3 is 10.4 Å². The first-order valence-electron chi connectivity index (χ1n) is 6.47. The van der Waals surface area contributed by atoms with E-state index in [-0.39, 0.29) is 11.7 Å². The van der Waals surface area contributed by atoms with Crippen LogP contribution in [0.1, 0.15) is 36.0 Å². The Morgan fingerprint density at radius 3 is 2.89 bits per heavy atom. The summed E-state index contributed by atoms with van der Waals surface area (Å²) in [7, 11) is 0. The van der Waals surface area contributed by atoms with Crippen LogP contribution in [-0.2, 0) is 0 Å². The molecule has 1 amide bonds. The summed E-state index contributed by atoms with van der Waals surface area (Å²) in [5.74, 6) is 0.329. The van der Waals surface area contributed by atoms with Crippen molar-refractivity contribution in [3.8, 4) is 5.75 Å². The lowest BCUT2D eigenvalue weighted by atomic mass is 9.89. The molecule has 0 radical (unpaired) electrons. The van der Waals surface area contributed by atoms with E-state index < -0.39 is 0 Å². The second-order valence-corrected chi connectivity index (χ2v) is 7.21. The minimum absolute atomic E-state index is 0.00823. The molecule has 0 saturated heterocycles. The van der Waals surface area contributed by atoms with Crippen LogP contribution in [-0.4, -0.2) is 22.4 Å². The van der Waals surface area contributed by atoms with Crippen LogP contribution < -0.4 is 5.32 Å². The highest BCUT2D eigenvalue weighted by Gasteiger charge is 2.21. The Hall–Kier alpha value is -0.550. The number of rotatable bonds is 3. The van der Waals surface area contributed by atoms with Crippen molar-refractivity contribution in [2.75, 3.05) is 6.54 Å². The maximum atomic E-state index is 12.0. The van der Waals surface area contributed by atoms with Gasteiger partial charge in [-0.3, -0.25) is 4.79 Å². The number of hydrogen-bond donors (Lipinski definition) is 2. The maximum Gasteiger partial charge on any atom is 0.255 e. The normalized spacial score (nSPS) is 23.1. The predicted molar refractivity (Wildman–Crippen MR) is 82.8 cm³/mol. The van der Waals surface area contributed by atoms with Crippen LogP contribution in [0.5, 0.6) is 5.75 Å². The van der Waals surface area contributed by atoms with Gasteiger partial charge in [-0.15, -0.1) is 0 Å². The molecular weight excluding hydrogens is 374 g/mol. The van der Waals surface area contributed by atoms with E-state index in [2.05, 4.69) is 37.2 Å². The molecule has 1 aliphatic rings. The molecule has 1 aromatic rings. The summed E-state index contributed by atoms with van der Waals surface area (Å²) >= 11 is 6.90. The number of halogens is 2. The van der Waals surface area contributed by atoms with Crippen molar-refractivity contribution in [3.05, 3.63) is 28.2 Å². The van der Waals surface area contributed by atoms with Crippen LogP contribution in [0.4, 0.5) is 0 Å². The Balaban J connectivity index is 1.90. The third-order valence-electron chi connectivity index (χ3n) is 3.47. The van der Waals surface area contributed by atoms with Crippen molar-refractivity contribution in [3.63, 3.8) is 0 Å². The van der Waals surface area contributed by atoms with Crippen LogP contribution in [0.15, 0.2) is 22.7 Å². The number of phenols is 1. The van der Waals surface area contributed by atoms with Crippen molar-refractivity contribution >= 4 is 37.8 Å². The zero-order chi connectivity index (χ0) is 13.8. The molecule has 0 bridgehead atoms. The number of carbonyl (C=O) groups is 1. The first-order valence-corrected chi connectivity index (χ1v) is 8.18. The molecule has 0 heterocycles. The Kier molecular flexibility index (Phi) is 5.28. The van der Waals surface area contributed by atoms with Gasteiger partial charge in [-0.2, -0.15) is 0 Å². The van der Waals surface area contributed by atoms with E-state index in [1.807, 2.05) is 0 Å². The number of carbonyl (C=O) groups excluding carboxylic acids is 1. The monoisotopic (exact) mass is 389 g/mol. The molecule has 1 fully saturated rings. The summed E-state index contributed by atoms with van der Waals surface area (Å²) in [6.45, 7) is 0.677. The minimum Gasteiger partial charge on any atom is -0.507 e. The maximum absolute atomic E-state index is 12.0. The van der Waals surface area contributed by atoms with Gasteiger partial charge in [-0.05, 0) is 43.4 Å². The molecule has 0 aromatic heterocycles. The quantitative estimate of drug-likeness (QED) is 0.770. The molecule has 2 rings (SSSR count). The third-order valence-corrected chi connectivity index (χ3v) is 4.80. The smallest absolute Gasteiger partial charge is 0.255 e. The van der Waals surface area contributed by atoms with Crippen molar-refractivity contribution in [1.29, 1.82) is 0 Å². The van der Waals surface area contributed by atoms with E-state index in [1.54, 1.807) is 12.1 Å². The highest BCUT2D eigenvalue weighted by Crippen LogP contribution is 2.28. The Morgan fingerprint density at radius 1 is 1.42 bits per heavy atom. The van der Waals surface area contributed by atoms with Crippen LogP contribution in [0.3, 0.4) is 0 Å². The molecule has 104 valence electrons. The van der Waals surface area contributed by atoms with E-state index in [1.165, 1.54) is 18.9 Å². The lowest BCUT2D eigenvalue weighted by Gasteiger charge is -2.25. The molecule has 5 heteroatoms. The zero-order valence-corrected chi connectivity index (χ0v) is 13.7. The topological polar surface area (TPSA) is 49.3 Å². The van der Waals surface area contributed by atoms with Crippen LogP contribution in [0.25, 0.3) is 0 Å². The number of phenolic OH excluding ortho intramolecular Hbond substituents is 1. The largest absolute Gasteiger partial charge is 0.507 e. The fourth-order valence-electron chi connectivity index (χ4n) is 2.44. The molecule has 19 heavy (non-hydrogen) atoms. The molecule has 0 spiro atoms. The third kappa shape index (κ3) is 4.21. The summed E-state index contributed by atoms with van der Waals surface area (Å²) in [6, 6.07) is 4.91. The molecular formula is C14H17Br2NO2. The standard InChI is InChI=1S/C14H17Br2NO2/c15-10-3-1-2-9(6-10)8-17-14(19)12-5-4-11(16)7-13(12)18/h4-5,7,9-10,18H,1-3,6,8H2,(H,17,19). The molecule has 1 aromatic carbocycles. The summed E-state index contributed by atoms with van der Waals surface area (Å²) in [5, 5.41) is 12.7. The Labute approximate surface area is 130 Å². The van der Waals surface area contributed by atoms with Gasteiger partial charge >= 0.3 is 0 Å². The van der Waals surface area contributed by atoms with Crippen molar-refractivity contribution in [2.45, 2.75) is 30.5 Å². The van der Waals surface area contributed by atoms with Gasteiger partial charge in [-0.25, -0.2) is 0 Å². The van der Waals surface area contributed by atoms with Gasteiger partial charge in [0.25, 0.3) is 5.91 Å². The fraction of sp³-hybridized carbons (Fsp3) is 0.500. The van der Waals surface area contributed by atoms with Gasteiger partial charge in [-0.1, -0.05) is 38.3 Å². The Bertz CT molecular complexity index is 465. The molecule has 1 aliphatic carbocycles. The summed E-state index contributed by atoms with van der Waals surface area (Å²) in [6.07, 6.45) is 4.69. The number of alkyl halides is 1. The van der Waals surface area contributed by atoms with Gasteiger partial charge in [0.2, 0.25) is 0 Å². The van der Waals surface area contributed by atoms with Crippen molar-refractivity contribution in [1.82, 2.24) is 5.32 Å². The van der Waals surface area contributed by atoms with Crippen molar-refractivity contribution < 1.29 is 9.90 Å². The number of amides is 1. The average molecular weight is 391 g/mol. The van der Waals surface area contributed by atoms with E-state index in [4.69, 9.17) is 0 Å². The number of hydrogen-bond acceptors (Lipinski definition) is 2. The minimum atomic E-state index is -0.207. The van der Waals surface area contributed by atoms with Crippen LogP contribution in [0.2, 0.25) is 0 Å². The molecule has 1 saturated carbocycles. The second kappa shape index (κ2) is 6.75. The first kappa shape index (κ1) is 14.9. The Morgan fingerprint density at radius 2 is 2.21 bits per heavy atom. The fourth-order valence-corrected chi connectivity index (χ4v) is 3.64. The lowest BCUT2D eigenvalue weighted by molar-refractivity contribution is 0.0941. The summed E-state index contributed by atoms with van der Waals surface area (Å²) < 4.78 is 0.760. The van der Waals surface area contributed by atoms with E-state index in [9.17, 15) is 9.90 Å². The second-order valence-electron chi connectivity index (χ2n) is 5.00. The molecule has 0 aliphatic heterocycles. The molecule has 2 N–H and O–H groups in total. The molecule has 2 unspecified atom stereocenters. The zero-order valence-electron chi connectivity index (χ0n) is 10.5. The molecule has 2 atom stereocenters. The van der Waals surface area contributed by atoms with Crippen LogP contribution in [0, 0.1) is 5.92 Å². The number of benzene rings is 1. The van der Waals surface area contributed by atoms with Gasteiger partial charge in [0.1, 0.15) is 5.75 Å². The number of aromatic hydroxyl groups is 1. The lowest BCUT2D eigenvalue weighted by Crippen LogP contribution is -2.32.